The van der Waals surface area contributed by atoms with Crippen LogP contribution in [-0.4, -0.2) is 76.6 Å². The van der Waals surface area contributed by atoms with Crippen LogP contribution in [0, 0.1) is 5.92 Å². The van der Waals surface area contributed by atoms with Crippen molar-refractivity contribution in [2.24, 2.45) is 5.92 Å². The maximum absolute atomic E-state index is 5.73. The zero-order chi connectivity index (χ0) is 21.5. The highest BCUT2D eigenvalue weighted by molar-refractivity contribution is 5.68. The van der Waals surface area contributed by atoms with Crippen molar-refractivity contribution in [3.63, 3.8) is 0 Å². The van der Waals surface area contributed by atoms with Crippen molar-refractivity contribution >= 4 is 5.82 Å². The van der Waals surface area contributed by atoms with Gasteiger partial charge < -0.3 is 24.0 Å². The molecule has 6 nitrogen and oxygen atoms in total. The van der Waals surface area contributed by atoms with Crippen molar-refractivity contribution in [1.29, 1.82) is 0 Å². The van der Waals surface area contributed by atoms with Crippen molar-refractivity contribution in [3.05, 3.63) is 42.1 Å². The van der Waals surface area contributed by atoms with E-state index in [1.807, 2.05) is 12.1 Å². The van der Waals surface area contributed by atoms with Crippen molar-refractivity contribution in [2.45, 2.75) is 19.3 Å². The Balaban J connectivity index is 1.56. The summed E-state index contributed by atoms with van der Waals surface area (Å²) in [7, 11) is 3.87. The molecule has 168 valence electrons. The molecule has 0 spiro atoms. The predicted octanol–water partition coefficient (Wildman–Crippen LogP) is 3.49. The van der Waals surface area contributed by atoms with E-state index in [2.05, 4.69) is 41.1 Å². The average Bonchev–Trinajstić information content (AvgIpc) is 2.81. The fraction of sp³-hybridized carbons (Fsp3) is 0.560. The number of pyridine rings is 1. The first-order chi connectivity index (χ1) is 15.2. The molecular weight excluding hydrogens is 390 g/mol. The quantitative estimate of drug-likeness (QED) is 0.604. The van der Waals surface area contributed by atoms with Crippen LogP contribution < -0.4 is 9.64 Å². The maximum atomic E-state index is 5.73. The summed E-state index contributed by atoms with van der Waals surface area (Å²) < 4.78 is 16.3. The zero-order valence-corrected chi connectivity index (χ0v) is 18.9. The summed E-state index contributed by atoms with van der Waals surface area (Å²) in [6.07, 6.45) is 3.28. The van der Waals surface area contributed by atoms with Gasteiger partial charge in [0.25, 0.3) is 0 Å². The first-order valence-electron chi connectivity index (χ1n) is 11.5. The van der Waals surface area contributed by atoms with Gasteiger partial charge in [0.15, 0.2) is 0 Å². The molecule has 0 atom stereocenters. The molecule has 2 aliphatic rings. The van der Waals surface area contributed by atoms with Crippen LogP contribution in [0.4, 0.5) is 5.82 Å². The Bertz CT molecular complexity index is 813. The highest BCUT2D eigenvalue weighted by atomic mass is 16.5. The number of anilines is 1. The van der Waals surface area contributed by atoms with Gasteiger partial charge in [0, 0.05) is 52.2 Å². The van der Waals surface area contributed by atoms with Crippen LogP contribution in [0.3, 0.4) is 0 Å². The molecular formula is C25H35N3O3. The Hall–Kier alpha value is -2.15. The molecule has 1 aromatic heterocycles. The van der Waals surface area contributed by atoms with Crippen LogP contribution in [-0.2, 0) is 15.9 Å². The number of methoxy groups -OCH3 is 1. The van der Waals surface area contributed by atoms with E-state index in [1.165, 1.54) is 16.8 Å². The molecule has 31 heavy (non-hydrogen) atoms. The third kappa shape index (κ3) is 6.19. The summed E-state index contributed by atoms with van der Waals surface area (Å²) in [6.45, 7) is 7.11. The lowest BCUT2D eigenvalue weighted by Crippen LogP contribution is -2.44. The van der Waals surface area contributed by atoms with Gasteiger partial charge in [-0.15, -0.1) is 0 Å². The molecule has 4 rings (SSSR count). The van der Waals surface area contributed by atoms with Crippen molar-refractivity contribution in [3.8, 4) is 16.9 Å². The molecule has 0 N–H and O–H groups in total. The van der Waals surface area contributed by atoms with Gasteiger partial charge in [0.2, 0.25) is 0 Å². The second-order valence-electron chi connectivity index (χ2n) is 8.62. The lowest BCUT2D eigenvalue weighted by Gasteiger charge is -2.33. The molecule has 0 saturated carbocycles. The minimum atomic E-state index is 0.563. The van der Waals surface area contributed by atoms with Gasteiger partial charge >= 0.3 is 0 Å². The summed E-state index contributed by atoms with van der Waals surface area (Å²) >= 11 is 0. The molecule has 2 aliphatic heterocycles. The largest absolute Gasteiger partial charge is 0.491 e. The van der Waals surface area contributed by atoms with Crippen LogP contribution in [0.2, 0.25) is 0 Å². The smallest absolute Gasteiger partial charge is 0.129 e. The van der Waals surface area contributed by atoms with E-state index in [4.69, 9.17) is 19.2 Å². The third-order valence-corrected chi connectivity index (χ3v) is 6.27. The van der Waals surface area contributed by atoms with E-state index in [0.29, 0.717) is 19.1 Å². The predicted molar refractivity (Wildman–Crippen MR) is 124 cm³/mol. The molecule has 6 heteroatoms. The van der Waals surface area contributed by atoms with Crippen molar-refractivity contribution in [2.75, 3.05) is 71.7 Å². The summed E-state index contributed by atoms with van der Waals surface area (Å²) in [6, 6.07) is 12.9. The first-order valence-corrected chi connectivity index (χ1v) is 11.5. The maximum Gasteiger partial charge on any atom is 0.129 e. The number of rotatable bonds is 8. The molecule has 0 aliphatic carbocycles. The van der Waals surface area contributed by atoms with Crippen molar-refractivity contribution in [1.82, 2.24) is 9.88 Å². The van der Waals surface area contributed by atoms with E-state index in [-0.39, 0.29) is 0 Å². The molecule has 3 heterocycles. The van der Waals surface area contributed by atoms with Crippen LogP contribution in [0.1, 0.15) is 18.5 Å². The van der Waals surface area contributed by atoms with Crippen LogP contribution in [0.15, 0.2) is 36.4 Å². The Labute approximate surface area is 186 Å². The molecule has 0 bridgehead atoms. The topological polar surface area (TPSA) is 47.1 Å². The molecule has 0 radical (unpaired) electrons. The van der Waals surface area contributed by atoms with E-state index >= 15 is 0 Å². The highest BCUT2D eigenvalue weighted by Crippen LogP contribution is 2.29. The number of likely N-dealkylation sites (N-methyl/N-ethyl adjacent to an activating group) is 1. The van der Waals surface area contributed by atoms with E-state index < -0.39 is 0 Å². The number of piperazine rings is 1. The SMILES string of the molecule is COCCOc1ccc(-c2cc(CC3CCOCC3)nc(N3CCN(C)CC3)c2)cc1. The minimum Gasteiger partial charge on any atom is -0.491 e. The number of hydrogen-bond donors (Lipinski definition) is 0. The summed E-state index contributed by atoms with van der Waals surface area (Å²) in [5.41, 5.74) is 3.62. The van der Waals surface area contributed by atoms with Crippen LogP contribution in [0.5, 0.6) is 5.75 Å². The normalized spacial score (nSPS) is 18.3. The Kier molecular flexibility index (Phi) is 7.78. The third-order valence-electron chi connectivity index (χ3n) is 6.27. The monoisotopic (exact) mass is 425 g/mol. The lowest BCUT2D eigenvalue weighted by molar-refractivity contribution is 0.0663. The van der Waals surface area contributed by atoms with Crippen molar-refractivity contribution < 1.29 is 14.2 Å². The highest BCUT2D eigenvalue weighted by Gasteiger charge is 2.19. The summed E-state index contributed by atoms with van der Waals surface area (Å²) in [5, 5.41) is 0. The number of aromatic nitrogens is 1. The fourth-order valence-electron chi connectivity index (χ4n) is 4.27. The van der Waals surface area contributed by atoms with Gasteiger partial charge in [-0.05, 0) is 67.6 Å². The molecule has 2 aromatic rings. The summed E-state index contributed by atoms with van der Waals surface area (Å²) in [4.78, 5) is 9.91. The van der Waals surface area contributed by atoms with E-state index in [1.54, 1.807) is 7.11 Å². The van der Waals surface area contributed by atoms with Gasteiger partial charge in [-0.25, -0.2) is 4.98 Å². The van der Waals surface area contributed by atoms with E-state index in [9.17, 15) is 0 Å². The van der Waals surface area contributed by atoms with E-state index in [0.717, 1.165) is 70.2 Å². The Morgan fingerprint density at radius 3 is 2.42 bits per heavy atom. The van der Waals surface area contributed by atoms with Gasteiger partial charge in [0.05, 0.1) is 6.61 Å². The molecule has 1 aromatic carbocycles. The Morgan fingerprint density at radius 2 is 1.71 bits per heavy atom. The first kappa shape index (κ1) is 22.1. The average molecular weight is 426 g/mol. The van der Waals surface area contributed by atoms with Crippen LogP contribution in [0.25, 0.3) is 11.1 Å². The Morgan fingerprint density at radius 1 is 0.968 bits per heavy atom. The van der Waals surface area contributed by atoms with Gasteiger partial charge in [-0.2, -0.15) is 0 Å². The fourth-order valence-corrected chi connectivity index (χ4v) is 4.27. The second kappa shape index (κ2) is 10.9. The number of hydrogen-bond acceptors (Lipinski definition) is 6. The number of ether oxygens (including phenoxy) is 3. The second-order valence-corrected chi connectivity index (χ2v) is 8.62. The number of nitrogens with zero attached hydrogens (tertiary/aromatic N) is 3. The number of benzene rings is 1. The molecule has 0 unspecified atom stereocenters. The summed E-state index contributed by atoms with van der Waals surface area (Å²) in [5.74, 6) is 2.64. The zero-order valence-electron chi connectivity index (χ0n) is 18.9. The standard InChI is InChI=1S/C25H35N3O3/c1-27-9-11-28(12-10-27)25-19-22(18-23(26-25)17-20-7-13-30-14-8-20)21-3-5-24(6-4-21)31-16-15-29-2/h3-6,18-20H,7-17H2,1-2H3. The van der Waals surface area contributed by atoms with Gasteiger partial charge in [-0.1, -0.05) is 12.1 Å². The molecule has 0 amide bonds. The van der Waals surface area contributed by atoms with Crippen LogP contribution >= 0.6 is 0 Å². The van der Waals surface area contributed by atoms with Gasteiger partial charge in [0.1, 0.15) is 18.2 Å². The minimum absolute atomic E-state index is 0.563. The molecule has 2 saturated heterocycles. The lowest BCUT2D eigenvalue weighted by atomic mass is 9.93. The molecule has 2 fully saturated rings. The van der Waals surface area contributed by atoms with Gasteiger partial charge in [-0.3, -0.25) is 0 Å².